The minimum atomic E-state index is -3.58. The van der Waals surface area contributed by atoms with Crippen LogP contribution in [0, 0.1) is 0 Å². The van der Waals surface area contributed by atoms with Crippen molar-refractivity contribution < 1.29 is 8.42 Å². The molecular formula is C16H15N3O2S3. The summed E-state index contributed by atoms with van der Waals surface area (Å²) in [6.07, 6.45) is 4.10. The predicted octanol–water partition coefficient (Wildman–Crippen LogP) is 4.05. The molecule has 0 aliphatic rings. The van der Waals surface area contributed by atoms with Gasteiger partial charge in [0.2, 0.25) is 0 Å². The van der Waals surface area contributed by atoms with Gasteiger partial charge in [0.25, 0.3) is 10.0 Å². The van der Waals surface area contributed by atoms with Crippen LogP contribution in [-0.2, 0) is 16.4 Å². The van der Waals surface area contributed by atoms with Gasteiger partial charge in [0, 0.05) is 17.3 Å². The third-order valence-electron chi connectivity index (χ3n) is 3.08. The number of hydrogen-bond acceptors (Lipinski definition) is 6. The molecule has 0 unspecified atom stereocenters. The van der Waals surface area contributed by atoms with Crippen molar-refractivity contribution >= 4 is 38.8 Å². The summed E-state index contributed by atoms with van der Waals surface area (Å²) in [6.45, 7) is 2.00. The lowest BCUT2D eigenvalue weighted by Gasteiger charge is -2.07. The molecule has 0 radical (unpaired) electrons. The molecule has 0 aromatic carbocycles. The summed E-state index contributed by atoms with van der Waals surface area (Å²) in [6, 6.07) is 12.4. The van der Waals surface area contributed by atoms with Crippen molar-refractivity contribution in [3.63, 3.8) is 0 Å². The van der Waals surface area contributed by atoms with Crippen molar-refractivity contribution in [2.24, 2.45) is 0 Å². The number of sulfonamides is 1. The molecule has 0 atom stereocenters. The van der Waals surface area contributed by atoms with Gasteiger partial charge in [0.05, 0.1) is 5.69 Å². The molecular weight excluding hydrogens is 362 g/mol. The molecule has 5 nitrogen and oxygen atoms in total. The minimum Gasteiger partial charge on any atom is -0.279 e. The van der Waals surface area contributed by atoms with E-state index in [0.717, 1.165) is 16.3 Å². The van der Waals surface area contributed by atoms with Gasteiger partial charge in [-0.1, -0.05) is 24.8 Å². The van der Waals surface area contributed by atoms with E-state index in [0.29, 0.717) is 14.9 Å². The number of aryl methyl sites for hydroxylation is 1. The van der Waals surface area contributed by atoms with E-state index in [1.54, 1.807) is 30.6 Å². The fraction of sp³-hybridized carbons (Fsp3) is 0.125. The number of aromatic nitrogens is 2. The van der Waals surface area contributed by atoms with E-state index in [-0.39, 0.29) is 0 Å². The Bertz CT molecular complexity index is 925. The van der Waals surface area contributed by atoms with E-state index in [1.807, 2.05) is 31.2 Å². The Hall–Kier alpha value is -1.90. The second kappa shape index (κ2) is 7.33. The molecule has 3 rings (SSSR count). The molecule has 0 spiro atoms. The Labute approximate surface area is 149 Å². The van der Waals surface area contributed by atoms with E-state index in [2.05, 4.69) is 14.7 Å². The summed E-state index contributed by atoms with van der Waals surface area (Å²) < 4.78 is 27.8. The number of rotatable bonds is 6. The second-order valence-corrected chi connectivity index (χ2v) is 8.95. The summed E-state index contributed by atoms with van der Waals surface area (Å²) in [5.41, 5.74) is 0.481. The van der Waals surface area contributed by atoms with Crippen molar-refractivity contribution in [3.05, 3.63) is 59.7 Å². The average Bonchev–Trinajstić information content (AvgIpc) is 3.06. The molecule has 0 amide bonds. The fourth-order valence-electron chi connectivity index (χ4n) is 1.94. The highest BCUT2D eigenvalue weighted by Crippen LogP contribution is 2.28. The van der Waals surface area contributed by atoms with Crippen LogP contribution in [0.15, 0.2) is 69.1 Å². The predicted molar refractivity (Wildman–Crippen MR) is 97.1 cm³/mol. The number of hydrogen-bond donors (Lipinski definition) is 1. The van der Waals surface area contributed by atoms with Gasteiger partial charge in [0.15, 0.2) is 0 Å². The summed E-state index contributed by atoms with van der Waals surface area (Å²) in [4.78, 5) is 9.51. The number of anilines is 1. The second-order valence-electron chi connectivity index (χ2n) is 4.83. The van der Waals surface area contributed by atoms with Crippen molar-refractivity contribution in [3.8, 4) is 0 Å². The van der Waals surface area contributed by atoms with Gasteiger partial charge in [-0.3, -0.25) is 4.72 Å². The summed E-state index contributed by atoms with van der Waals surface area (Å²) in [5.74, 6) is 0. The van der Waals surface area contributed by atoms with Gasteiger partial charge < -0.3 is 0 Å². The van der Waals surface area contributed by atoms with Crippen LogP contribution in [0.2, 0.25) is 0 Å². The summed E-state index contributed by atoms with van der Waals surface area (Å²) >= 11 is 2.66. The molecule has 0 bridgehead atoms. The van der Waals surface area contributed by atoms with E-state index in [9.17, 15) is 8.42 Å². The Morgan fingerprint density at radius 2 is 1.92 bits per heavy atom. The first-order valence-electron chi connectivity index (χ1n) is 7.23. The van der Waals surface area contributed by atoms with Crippen LogP contribution in [-0.4, -0.2) is 18.4 Å². The quantitative estimate of drug-likeness (QED) is 0.701. The maximum atomic E-state index is 12.5. The van der Waals surface area contributed by atoms with Gasteiger partial charge in [-0.05, 0) is 42.8 Å². The molecule has 3 aromatic rings. The van der Waals surface area contributed by atoms with Crippen LogP contribution in [0.3, 0.4) is 0 Å². The van der Waals surface area contributed by atoms with Gasteiger partial charge in [-0.2, -0.15) is 0 Å². The average molecular weight is 378 g/mol. The standard InChI is InChI=1S/C16H15N3O2S3/c1-2-13-6-7-16(22-13)24(20,21)19-12-8-10-18-15(11-12)23-14-5-3-4-9-17-14/h3-11H,2H2,1H3,(H,18,19). The maximum Gasteiger partial charge on any atom is 0.271 e. The summed E-state index contributed by atoms with van der Waals surface area (Å²) in [5, 5.41) is 1.48. The van der Waals surface area contributed by atoms with E-state index in [4.69, 9.17) is 0 Å². The fourth-order valence-corrected chi connectivity index (χ4v) is 5.06. The minimum absolute atomic E-state index is 0.315. The molecule has 1 N–H and O–H groups in total. The third-order valence-corrected chi connectivity index (χ3v) is 7.07. The lowest BCUT2D eigenvalue weighted by molar-refractivity contribution is 0.603. The molecule has 24 heavy (non-hydrogen) atoms. The van der Waals surface area contributed by atoms with E-state index in [1.165, 1.54) is 23.1 Å². The summed E-state index contributed by atoms with van der Waals surface area (Å²) in [7, 11) is -3.58. The number of nitrogens with one attached hydrogen (secondary N) is 1. The van der Waals surface area contributed by atoms with Crippen LogP contribution >= 0.6 is 23.1 Å². The number of nitrogens with zero attached hydrogens (tertiary/aromatic N) is 2. The van der Waals surface area contributed by atoms with Crippen LogP contribution < -0.4 is 4.72 Å². The zero-order chi connectivity index (χ0) is 17.0. The lowest BCUT2D eigenvalue weighted by atomic mass is 10.4. The third kappa shape index (κ3) is 4.14. The first kappa shape index (κ1) is 16.9. The van der Waals surface area contributed by atoms with Gasteiger partial charge in [0.1, 0.15) is 14.3 Å². The first-order valence-corrected chi connectivity index (χ1v) is 10.3. The molecule has 3 heterocycles. The monoisotopic (exact) mass is 377 g/mol. The largest absolute Gasteiger partial charge is 0.279 e. The van der Waals surface area contributed by atoms with Crippen LogP contribution in [0.4, 0.5) is 5.69 Å². The molecule has 0 saturated carbocycles. The highest BCUT2D eigenvalue weighted by molar-refractivity contribution is 7.99. The lowest BCUT2D eigenvalue weighted by Crippen LogP contribution is -2.11. The molecule has 0 aliphatic carbocycles. The van der Waals surface area contributed by atoms with Crippen molar-refractivity contribution in [2.45, 2.75) is 27.6 Å². The van der Waals surface area contributed by atoms with Gasteiger partial charge in [-0.15, -0.1) is 11.3 Å². The van der Waals surface area contributed by atoms with Gasteiger partial charge >= 0.3 is 0 Å². The van der Waals surface area contributed by atoms with E-state index >= 15 is 0 Å². The van der Waals surface area contributed by atoms with Crippen LogP contribution in [0.1, 0.15) is 11.8 Å². The molecule has 3 aromatic heterocycles. The van der Waals surface area contributed by atoms with Crippen molar-refractivity contribution in [2.75, 3.05) is 4.72 Å². The molecule has 124 valence electrons. The first-order chi connectivity index (χ1) is 11.6. The zero-order valence-corrected chi connectivity index (χ0v) is 15.3. The Morgan fingerprint density at radius 3 is 2.62 bits per heavy atom. The van der Waals surface area contributed by atoms with Crippen molar-refractivity contribution in [1.29, 1.82) is 0 Å². The number of pyridine rings is 2. The highest BCUT2D eigenvalue weighted by Gasteiger charge is 2.17. The Kier molecular flexibility index (Phi) is 5.17. The van der Waals surface area contributed by atoms with Crippen LogP contribution in [0.25, 0.3) is 0 Å². The van der Waals surface area contributed by atoms with Crippen LogP contribution in [0.5, 0.6) is 0 Å². The highest BCUT2D eigenvalue weighted by atomic mass is 32.2. The van der Waals surface area contributed by atoms with Gasteiger partial charge in [-0.25, -0.2) is 18.4 Å². The zero-order valence-electron chi connectivity index (χ0n) is 12.8. The molecule has 8 heteroatoms. The maximum absolute atomic E-state index is 12.5. The Morgan fingerprint density at radius 1 is 1.08 bits per heavy atom. The normalized spacial score (nSPS) is 11.4. The molecule has 0 saturated heterocycles. The smallest absolute Gasteiger partial charge is 0.271 e. The van der Waals surface area contributed by atoms with Crippen molar-refractivity contribution in [1.82, 2.24) is 9.97 Å². The molecule has 0 fully saturated rings. The SMILES string of the molecule is CCc1ccc(S(=O)(=O)Nc2ccnc(Sc3ccccn3)c2)s1. The molecule has 0 aliphatic heterocycles. The Balaban J connectivity index is 1.79. The van der Waals surface area contributed by atoms with E-state index < -0.39 is 10.0 Å². The topological polar surface area (TPSA) is 72.0 Å². The number of thiophene rings is 1.